The average Bonchev–Trinajstić information content (AvgIpc) is 2.64. The van der Waals surface area contributed by atoms with Crippen LogP contribution in [-0.4, -0.2) is 19.1 Å². The van der Waals surface area contributed by atoms with Gasteiger partial charge in [0.15, 0.2) is 0 Å². The smallest absolute Gasteiger partial charge is 0.337 e. The summed E-state index contributed by atoms with van der Waals surface area (Å²) in [5.41, 5.74) is 0.594. The molecule has 0 amide bonds. The lowest BCUT2D eigenvalue weighted by atomic mass is 9.94. The van der Waals surface area contributed by atoms with E-state index in [0.717, 1.165) is 4.48 Å². The van der Waals surface area contributed by atoms with Crippen LogP contribution in [0.2, 0.25) is 0 Å². The molecule has 14 heavy (non-hydrogen) atoms. The van der Waals surface area contributed by atoms with E-state index in [2.05, 4.69) is 32.1 Å². The Morgan fingerprint density at radius 1 is 1.64 bits per heavy atom. The minimum atomic E-state index is -0.297. The van der Waals surface area contributed by atoms with Crippen molar-refractivity contribution in [2.75, 3.05) is 7.11 Å². The third-order valence-electron chi connectivity index (χ3n) is 2.37. The van der Waals surface area contributed by atoms with Gasteiger partial charge in [0.2, 0.25) is 0 Å². The predicted octanol–water partition coefficient (Wildman–Crippen LogP) is 1.48. The molecule has 0 aromatic rings. The number of carbonyl (C=O) groups excluding carboxylic acids is 1. The maximum atomic E-state index is 11.3. The lowest BCUT2D eigenvalue weighted by Gasteiger charge is -2.21. The highest BCUT2D eigenvalue weighted by Crippen LogP contribution is 2.32. The molecule has 2 atom stereocenters. The standard InChI is InChI=1S/C10H10BrNO2/c1-14-10(13)6-4-8(11)7-2-3-12-9(7)5-6/h2-5,7,9,12H,1H3. The normalized spacial score (nSPS) is 28.7. The van der Waals surface area contributed by atoms with Gasteiger partial charge in [-0.05, 0) is 18.4 Å². The number of ether oxygens (including phenoxy) is 1. The topological polar surface area (TPSA) is 38.3 Å². The first-order valence-corrected chi connectivity index (χ1v) is 5.11. The number of hydrogen-bond donors (Lipinski definition) is 1. The van der Waals surface area contributed by atoms with Gasteiger partial charge in [-0.1, -0.05) is 22.0 Å². The van der Waals surface area contributed by atoms with E-state index in [1.807, 2.05) is 18.4 Å². The van der Waals surface area contributed by atoms with E-state index in [9.17, 15) is 4.79 Å². The van der Waals surface area contributed by atoms with Crippen molar-refractivity contribution in [3.8, 4) is 0 Å². The van der Waals surface area contributed by atoms with E-state index in [1.54, 1.807) is 0 Å². The van der Waals surface area contributed by atoms with Crippen molar-refractivity contribution in [2.24, 2.45) is 5.92 Å². The Balaban J connectivity index is 2.27. The highest BCUT2D eigenvalue weighted by molar-refractivity contribution is 9.11. The zero-order valence-corrected chi connectivity index (χ0v) is 9.24. The number of nitrogens with one attached hydrogen (secondary N) is 1. The van der Waals surface area contributed by atoms with Crippen molar-refractivity contribution < 1.29 is 9.53 Å². The van der Waals surface area contributed by atoms with Crippen LogP contribution in [0.5, 0.6) is 0 Å². The summed E-state index contributed by atoms with van der Waals surface area (Å²) in [5.74, 6) is 0.0116. The van der Waals surface area contributed by atoms with E-state index >= 15 is 0 Å². The van der Waals surface area contributed by atoms with Crippen molar-refractivity contribution in [3.63, 3.8) is 0 Å². The third-order valence-corrected chi connectivity index (χ3v) is 3.13. The van der Waals surface area contributed by atoms with Crippen molar-refractivity contribution in [1.29, 1.82) is 0 Å². The van der Waals surface area contributed by atoms with Crippen LogP contribution in [0.1, 0.15) is 0 Å². The van der Waals surface area contributed by atoms with Crippen LogP contribution in [0.25, 0.3) is 0 Å². The first-order chi connectivity index (χ1) is 6.72. The van der Waals surface area contributed by atoms with Crippen LogP contribution in [-0.2, 0) is 9.53 Å². The maximum Gasteiger partial charge on any atom is 0.337 e. The second kappa shape index (κ2) is 3.61. The SMILES string of the molecule is COC(=O)C1=CC2NC=CC2C(Br)=C1. The van der Waals surface area contributed by atoms with Crippen molar-refractivity contribution >= 4 is 21.9 Å². The van der Waals surface area contributed by atoms with Gasteiger partial charge in [-0.25, -0.2) is 4.79 Å². The fourth-order valence-electron chi connectivity index (χ4n) is 1.64. The van der Waals surface area contributed by atoms with Gasteiger partial charge < -0.3 is 10.1 Å². The number of fused-ring (bicyclic) bond motifs is 1. The van der Waals surface area contributed by atoms with E-state index in [0.29, 0.717) is 11.5 Å². The molecule has 1 N–H and O–H groups in total. The van der Waals surface area contributed by atoms with Crippen molar-refractivity contribution in [2.45, 2.75) is 6.04 Å². The van der Waals surface area contributed by atoms with Crippen LogP contribution < -0.4 is 5.32 Å². The van der Waals surface area contributed by atoms with Gasteiger partial charge in [0, 0.05) is 10.4 Å². The number of methoxy groups -OCH3 is 1. The Bertz CT molecular complexity index is 357. The number of carbonyl (C=O) groups is 1. The Kier molecular flexibility index (Phi) is 2.46. The Morgan fingerprint density at radius 2 is 2.43 bits per heavy atom. The fraction of sp³-hybridized carbons (Fsp3) is 0.300. The molecule has 4 heteroatoms. The molecule has 0 spiro atoms. The van der Waals surface area contributed by atoms with Crippen LogP contribution in [0.3, 0.4) is 0 Å². The molecular weight excluding hydrogens is 246 g/mol. The van der Waals surface area contributed by atoms with Gasteiger partial charge in [0.1, 0.15) is 0 Å². The van der Waals surface area contributed by atoms with Crippen LogP contribution in [0.4, 0.5) is 0 Å². The molecule has 2 aliphatic rings. The van der Waals surface area contributed by atoms with Gasteiger partial charge in [-0.2, -0.15) is 0 Å². The molecule has 0 bridgehead atoms. The van der Waals surface area contributed by atoms with Crippen LogP contribution >= 0.6 is 15.9 Å². The first kappa shape index (κ1) is 9.52. The molecule has 0 aromatic carbocycles. The fourth-order valence-corrected chi connectivity index (χ4v) is 2.32. The Hall–Kier alpha value is -1.03. The number of rotatable bonds is 1. The summed E-state index contributed by atoms with van der Waals surface area (Å²) in [6.07, 6.45) is 7.67. The highest BCUT2D eigenvalue weighted by atomic mass is 79.9. The number of hydrogen-bond acceptors (Lipinski definition) is 3. The van der Waals surface area contributed by atoms with Crippen molar-refractivity contribution in [1.82, 2.24) is 5.32 Å². The zero-order valence-electron chi connectivity index (χ0n) is 7.66. The molecule has 3 nitrogen and oxygen atoms in total. The Morgan fingerprint density at radius 3 is 3.14 bits per heavy atom. The van der Waals surface area contributed by atoms with E-state index in [-0.39, 0.29) is 12.0 Å². The summed E-state index contributed by atoms with van der Waals surface area (Å²) in [7, 11) is 1.39. The molecule has 74 valence electrons. The molecule has 2 unspecified atom stereocenters. The van der Waals surface area contributed by atoms with E-state index in [4.69, 9.17) is 0 Å². The summed E-state index contributed by atoms with van der Waals surface area (Å²) < 4.78 is 5.67. The zero-order chi connectivity index (χ0) is 10.1. The highest BCUT2D eigenvalue weighted by Gasteiger charge is 2.28. The van der Waals surface area contributed by atoms with Gasteiger partial charge in [0.05, 0.1) is 18.7 Å². The summed E-state index contributed by atoms with van der Waals surface area (Å²) in [6, 6.07) is 0.170. The Labute approximate surface area is 90.6 Å². The molecule has 0 saturated carbocycles. The minimum absolute atomic E-state index is 0.170. The molecule has 0 saturated heterocycles. The second-order valence-electron chi connectivity index (χ2n) is 3.22. The summed E-state index contributed by atoms with van der Waals surface area (Å²) in [6.45, 7) is 0. The third kappa shape index (κ3) is 1.50. The van der Waals surface area contributed by atoms with Gasteiger partial charge in [-0.3, -0.25) is 0 Å². The first-order valence-electron chi connectivity index (χ1n) is 4.32. The molecule has 1 heterocycles. The molecule has 1 aliphatic heterocycles. The maximum absolute atomic E-state index is 11.3. The lowest BCUT2D eigenvalue weighted by molar-refractivity contribution is -0.135. The summed E-state index contributed by atoms with van der Waals surface area (Å²) in [4.78, 5) is 11.3. The van der Waals surface area contributed by atoms with Gasteiger partial charge >= 0.3 is 5.97 Å². The van der Waals surface area contributed by atoms with Gasteiger partial charge in [-0.15, -0.1) is 0 Å². The van der Waals surface area contributed by atoms with Crippen LogP contribution in [0.15, 0.2) is 34.5 Å². The number of esters is 1. The molecule has 0 aromatic heterocycles. The average molecular weight is 256 g/mol. The minimum Gasteiger partial charge on any atom is -0.465 e. The lowest BCUT2D eigenvalue weighted by Crippen LogP contribution is -2.28. The molecule has 1 aliphatic carbocycles. The largest absolute Gasteiger partial charge is 0.465 e. The second-order valence-corrected chi connectivity index (χ2v) is 4.14. The molecular formula is C10H10BrNO2. The van der Waals surface area contributed by atoms with E-state index < -0.39 is 0 Å². The molecule has 2 rings (SSSR count). The van der Waals surface area contributed by atoms with E-state index in [1.165, 1.54) is 7.11 Å². The quantitative estimate of drug-likeness (QED) is 0.722. The molecule has 0 fully saturated rings. The molecule has 0 radical (unpaired) electrons. The summed E-state index contributed by atoms with van der Waals surface area (Å²) >= 11 is 3.45. The predicted molar refractivity (Wildman–Crippen MR) is 56.7 cm³/mol. The van der Waals surface area contributed by atoms with Crippen molar-refractivity contribution in [3.05, 3.63) is 34.5 Å². The number of halogens is 1. The van der Waals surface area contributed by atoms with Crippen LogP contribution in [0, 0.1) is 5.92 Å². The summed E-state index contributed by atoms with van der Waals surface area (Å²) in [5, 5.41) is 3.16. The van der Waals surface area contributed by atoms with Gasteiger partial charge in [0.25, 0.3) is 0 Å². The monoisotopic (exact) mass is 255 g/mol.